The summed E-state index contributed by atoms with van der Waals surface area (Å²) in [4.78, 5) is 15.4. The Balaban J connectivity index is 1.96. The van der Waals surface area contributed by atoms with Gasteiger partial charge in [0.15, 0.2) is 0 Å². The lowest BCUT2D eigenvalue weighted by molar-refractivity contribution is 0.0698. The zero-order valence-corrected chi connectivity index (χ0v) is 10.8. The van der Waals surface area contributed by atoms with E-state index >= 15 is 0 Å². The maximum atomic E-state index is 11.2. The van der Waals surface area contributed by atoms with Crippen LogP contribution < -0.4 is 5.32 Å². The first kappa shape index (κ1) is 12.0. The molecule has 1 heterocycles. The lowest BCUT2D eigenvalue weighted by atomic mass is 10.1. The molecular formula is C15H16N2O2. The Morgan fingerprint density at radius 1 is 1.42 bits per heavy atom. The Bertz CT molecular complexity index is 639. The van der Waals surface area contributed by atoms with Gasteiger partial charge in [0.2, 0.25) is 0 Å². The Labute approximate surface area is 111 Å². The fraction of sp³-hybridized carbons (Fsp3) is 0.333. The number of rotatable bonds is 4. The maximum Gasteiger partial charge on any atom is 0.337 e. The van der Waals surface area contributed by atoms with Crippen LogP contribution in [0.1, 0.15) is 23.7 Å². The first-order valence-corrected chi connectivity index (χ1v) is 6.51. The molecule has 98 valence electrons. The molecule has 2 unspecified atom stereocenters. The predicted octanol–water partition coefficient (Wildman–Crippen LogP) is 3.00. The number of aromatic carboxylic acids is 1. The molecule has 0 amide bonds. The van der Waals surface area contributed by atoms with Crippen molar-refractivity contribution in [2.75, 3.05) is 11.9 Å². The van der Waals surface area contributed by atoms with E-state index in [0.717, 1.165) is 35.0 Å². The van der Waals surface area contributed by atoms with Gasteiger partial charge in [0.25, 0.3) is 0 Å². The van der Waals surface area contributed by atoms with Gasteiger partial charge in [-0.25, -0.2) is 9.78 Å². The van der Waals surface area contributed by atoms with Gasteiger partial charge in [0, 0.05) is 23.5 Å². The van der Waals surface area contributed by atoms with E-state index in [1.807, 2.05) is 24.3 Å². The molecule has 2 aromatic rings. The SMILES string of the molecule is CC1CC1CNc1ncc(C(=O)O)c2ccccc12. The van der Waals surface area contributed by atoms with Gasteiger partial charge < -0.3 is 10.4 Å². The van der Waals surface area contributed by atoms with Crippen LogP contribution in [0.25, 0.3) is 10.8 Å². The molecule has 1 aliphatic rings. The molecule has 0 saturated heterocycles. The van der Waals surface area contributed by atoms with E-state index in [1.165, 1.54) is 12.6 Å². The van der Waals surface area contributed by atoms with E-state index in [2.05, 4.69) is 17.2 Å². The van der Waals surface area contributed by atoms with Crippen LogP contribution in [0.5, 0.6) is 0 Å². The first-order valence-electron chi connectivity index (χ1n) is 6.51. The Morgan fingerprint density at radius 3 is 2.74 bits per heavy atom. The van der Waals surface area contributed by atoms with Crippen molar-refractivity contribution in [3.05, 3.63) is 36.0 Å². The smallest absolute Gasteiger partial charge is 0.337 e. The normalized spacial score (nSPS) is 21.3. The molecule has 1 aromatic heterocycles. The lowest BCUT2D eigenvalue weighted by Crippen LogP contribution is -2.08. The van der Waals surface area contributed by atoms with E-state index in [9.17, 15) is 9.90 Å². The summed E-state index contributed by atoms with van der Waals surface area (Å²) < 4.78 is 0. The van der Waals surface area contributed by atoms with Crippen molar-refractivity contribution in [2.24, 2.45) is 11.8 Å². The number of hydrogen-bond acceptors (Lipinski definition) is 3. The predicted molar refractivity (Wildman–Crippen MR) is 74.5 cm³/mol. The summed E-state index contributed by atoms with van der Waals surface area (Å²) in [6, 6.07) is 7.49. The van der Waals surface area contributed by atoms with E-state index < -0.39 is 5.97 Å². The number of nitrogens with one attached hydrogen (secondary N) is 1. The van der Waals surface area contributed by atoms with Gasteiger partial charge in [0.1, 0.15) is 5.82 Å². The minimum Gasteiger partial charge on any atom is -0.478 e. The zero-order valence-electron chi connectivity index (χ0n) is 10.8. The minimum absolute atomic E-state index is 0.251. The van der Waals surface area contributed by atoms with E-state index in [4.69, 9.17) is 0 Å². The fourth-order valence-corrected chi connectivity index (χ4v) is 2.42. The van der Waals surface area contributed by atoms with Crippen LogP contribution in [0.2, 0.25) is 0 Å². The highest BCUT2D eigenvalue weighted by molar-refractivity contribution is 6.06. The molecule has 4 nitrogen and oxygen atoms in total. The highest BCUT2D eigenvalue weighted by Gasteiger charge is 2.32. The van der Waals surface area contributed by atoms with Crippen LogP contribution in [0.4, 0.5) is 5.82 Å². The third-order valence-corrected chi connectivity index (χ3v) is 3.83. The van der Waals surface area contributed by atoms with Crippen LogP contribution >= 0.6 is 0 Å². The molecule has 3 rings (SSSR count). The van der Waals surface area contributed by atoms with Crippen LogP contribution in [0, 0.1) is 11.8 Å². The van der Waals surface area contributed by atoms with Crippen molar-refractivity contribution in [1.82, 2.24) is 4.98 Å². The number of carbonyl (C=O) groups is 1. The molecule has 0 spiro atoms. The summed E-state index contributed by atoms with van der Waals surface area (Å²) in [6.45, 7) is 3.15. The summed E-state index contributed by atoms with van der Waals surface area (Å²) in [5.74, 6) is 1.35. The van der Waals surface area contributed by atoms with Gasteiger partial charge in [-0.05, 0) is 18.3 Å². The van der Waals surface area contributed by atoms with Gasteiger partial charge in [-0.1, -0.05) is 31.2 Å². The molecule has 0 bridgehead atoms. The molecule has 2 atom stereocenters. The molecular weight excluding hydrogens is 240 g/mol. The number of pyridine rings is 1. The number of fused-ring (bicyclic) bond motifs is 1. The molecule has 2 N–H and O–H groups in total. The third kappa shape index (κ3) is 2.26. The summed E-state index contributed by atoms with van der Waals surface area (Å²) in [5.41, 5.74) is 0.251. The number of carboxylic acid groups (broad SMARTS) is 1. The quantitative estimate of drug-likeness (QED) is 0.882. The first-order chi connectivity index (χ1) is 9.16. The average Bonchev–Trinajstić information content (AvgIpc) is 3.11. The summed E-state index contributed by atoms with van der Waals surface area (Å²) in [5, 5.41) is 14.1. The van der Waals surface area contributed by atoms with E-state index in [-0.39, 0.29) is 5.56 Å². The van der Waals surface area contributed by atoms with Gasteiger partial charge in [-0.2, -0.15) is 0 Å². The van der Waals surface area contributed by atoms with Gasteiger partial charge in [-0.3, -0.25) is 0 Å². The second-order valence-corrected chi connectivity index (χ2v) is 5.23. The molecule has 1 saturated carbocycles. The second-order valence-electron chi connectivity index (χ2n) is 5.23. The molecule has 4 heteroatoms. The Morgan fingerprint density at radius 2 is 2.11 bits per heavy atom. The summed E-state index contributed by atoms with van der Waals surface area (Å²) in [6.07, 6.45) is 2.70. The van der Waals surface area contributed by atoms with Crippen LogP contribution in [0.15, 0.2) is 30.5 Å². The molecule has 1 aliphatic carbocycles. The fourth-order valence-electron chi connectivity index (χ4n) is 2.42. The minimum atomic E-state index is -0.939. The number of hydrogen-bond donors (Lipinski definition) is 2. The van der Waals surface area contributed by atoms with Crippen LogP contribution in [0.3, 0.4) is 0 Å². The average molecular weight is 256 g/mol. The Kier molecular flexibility index (Phi) is 2.85. The number of aromatic nitrogens is 1. The van der Waals surface area contributed by atoms with Crippen LogP contribution in [-0.4, -0.2) is 22.6 Å². The largest absolute Gasteiger partial charge is 0.478 e. The number of carboxylic acids is 1. The molecule has 1 aromatic carbocycles. The summed E-state index contributed by atoms with van der Waals surface area (Å²) >= 11 is 0. The standard InChI is InChI=1S/C15H16N2O2/c1-9-6-10(9)7-16-14-12-5-3-2-4-11(12)13(8-17-14)15(18)19/h2-5,8-10H,6-7H2,1H3,(H,16,17)(H,18,19). The molecule has 0 radical (unpaired) electrons. The third-order valence-electron chi connectivity index (χ3n) is 3.83. The van der Waals surface area contributed by atoms with Crippen molar-refractivity contribution in [3.63, 3.8) is 0 Å². The van der Waals surface area contributed by atoms with E-state index in [0.29, 0.717) is 0 Å². The summed E-state index contributed by atoms with van der Waals surface area (Å²) in [7, 11) is 0. The van der Waals surface area contributed by atoms with Gasteiger partial charge >= 0.3 is 5.97 Å². The topological polar surface area (TPSA) is 62.2 Å². The van der Waals surface area contributed by atoms with Crippen molar-refractivity contribution < 1.29 is 9.90 Å². The second kappa shape index (κ2) is 4.53. The molecule has 1 fully saturated rings. The maximum absolute atomic E-state index is 11.2. The lowest BCUT2D eigenvalue weighted by Gasteiger charge is -2.10. The number of anilines is 1. The molecule has 19 heavy (non-hydrogen) atoms. The molecule has 0 aliphatic heterocycles. The monoisotopic (exact) mass is 256 g/mol. The van der Waals surface area contributed by atoms with E-state index in [1.54, 1.807) is 0 Å². The highest BCUT2D eigenvalue weighted by Crippen LogP contribution is 2.37. The van der Waals surface area contributed by atoms with Gasteiger partial charge in [0.05, 0.1) is 5.56 Å². The number of nitrogens with zero attached hydrogens (tertiary/aromatic N) is 1. The van der Waals surface area contributed by atoms with Crippen molar-refractivity contribution >= 4 is 22.6 Å². The van der Waals surface area contributed by atoms with Gasteiger partial charge in [-0.15, -0.1) is 0 Å². The Hall–Kier alpha value is -2.10. The number of benzene rings is 1. The highest BCUT2D eigenvalue weighted by atomic mass is 16.4. The zero-order chi connectivity index (χ0) is 13.4. The van der Waals surface area contributed by atoms with Crippen molar-refractivity contribution in [3.8, 4) is 0 Å². The van der Waals surface area contributed by atoms with Crippen LogP contribution in [-0.2, 0) is 0 Å². The van der Waals surface area contributed by atoms with Crippen molar-refractivity contribution in [2.45, 2.75) is 13.3 Å². The van der Waals surface area contributed by atoms with Crippen molar-refractivity contribution in [1.29, 1.82) is 0 Å².